The van der Waals surface area contributed by atoms with Gasteiger partial charge in [0, 0.05) is 24.5 Å². The first-order valence-electron chi connectivity index (χ1n) is 5.93. The van der Waals surface area contributed by atoms with Crippen LogP contribution in [0, 0.1) is 6.92 Å². The molecule has 17 heavy (non-hydrogen) atoms. The molecule has 1 heterocycles. The molecule has 0 aliphatic rings. The van der Waals surface area contributed by atoms with Crippen molar-refractivity contribution in [3.63, 3.8) is 0 Å². The molecule has 0 aromatic carbocycles. The van der Waals surface area contributed by atoms with E-state index < -0.39 is 0 Å². The van der Waals surface area contributed by atoms with Gasteiger partial charge >= 0.3 is 0 Å². The molecule has 1 aromatic heterocycles. The summed E-state index contributed by atoms with van der Waals surface area (Å²) in [5.74, 6) is 0.00101. The van der Waals surface area contributed by atoms with Crippen molar-refractivity contribution in [2.45, 2.75) is 39.2 Å². The quantitative estimate of drug-likeness (QED) is 0.780. The van der Waals surface area contributed by atoms with Crippen molar-refractivity contribution >= 4 is 5.91 Å². The fraction of sp³-hybridized carbons (Fsp3) is 0.538. The van der Waals surface area contributed by atoms with Crippen LogP contribution in [0.15, 0.2) is 18.3 Å². The second-order valence-electron chi connectivity index (χ2n) is 4.32. The molecule has 2 N–H and O–H groups in total. The third-order valence-corrected chi connectivity index (χ3v) is 2.54. The maximum Gasteiger partial charge on any atom is 0.224 e. The van der Waals surface area contributed by atoms with E-state index in [0.717, 1.165) is 17.7 Å². The van der Waals surface area contributed by atoms with Gasteiger partial charge < -0.3 is 10.4 Å². The molecular weight excluding hydrogens is 216 g/mol. The monoisotopic (exact) mass is 236 g/mol. The molecule has 0 aliphatic carbocycles. The Hall–Kier alpha value is -1.42. The van der Waals surface area contributed by atoms with Crippen molar-refractivity contribution in [1.82, 2.24) is 10.3 Å². The normalized spacial score (nSPS) is 12.2. The van der Waals surface area contributed by atoms with E-state index in [2.05, 4.69) is 10.3 Å². The van der Waals surface area contributed by atoms with Crippen molar-refractivity contribution in [2.24, 2.45) is 0 Å². The molecule has 94 valence electrons. The lowest BCUT2D eigenvalue weighted by Gasteiger charge is -2.13. The number of nitrogens with one attached hydrogen (secondary N) is 1. The van der Waals surface area contributed by atoms with Crippen LogP contribution >= 0.6 is 0 Å². The molecule has 1 unspecified atom stereocenters. The highest BCUT2D eigenvalue weighted by Crippen LogP contribution is 2.01. The topological polar surface area (TPSA) is 62.2 Å². The summed E-state index contributed by atoms with van der Waals surface area (Å²) >= 11 is 0. The van der Waals surface area contributed by atoms with E-state index in [9.17, 15) is 4.79 Å². The maximum atomic E-state index is 11.7. The number of aromatic nitrogens is 1. The van der Waals surface area contributed by atoms with Crippen molar-refractivity contribution in [1.29, 1.82) is 0 Å². The molecule has 0 fully saturated rings. The number of aliphatic hydroxyl groups excluding tert-OH is 1. The minimum atomic E-state index is 0.00101. The number of aliphatic hydroxyl groups is 1. The molecule has 4 nitrogen and oxygen atoms in total. The van der Waals surface area contributed by atoms with Gasteiger partial charge in [0.1, 0.15) is 0 Å². The van der Waals surface area contributed by atoms with E-state index >= 15 is 0 Å². The van der Waals surface area contributed by atoms with E-state index in [1.807, 2.05) is 26.0 Å². The first-order valence-corrected chi connectivity index (χ1v) is 5.93. The summed E-state index contributed by atoms with van der Waals surface area (Å²) in [4.78, 5) is 15.8. The number of rotatable bonds is 6. The number of pyridine rings is 1. The van der Waals surface area contributed by atoms with Crippen molar-refractivity contribution < 1.29 is 9.90 Å². The van der Waals surface area contributed by atoms with Gasteiger partial charge in [-0.25, -0.2) is 0 Å². The molecule has 1 atom stereocenters. The largest absolute Gasteiger partial charge is 0.396 e. The van der Waals surface area contributed by atoms with Gasteiger partial charge in [0.25, 0.3) is 0 Å². The summed E-state index contributed by atoms with van der Waals surface area (Å²) in [6.45, 7) is 4.03. The van der Waals surface area contributed by atoms with Gasteiger partial charge in [-0.15, -0.1) is 0 Å². The van der Waals surface area contributed by atoms with Crippen LogP contribution in [0.2, 0.25) is 0 Å². The standard InChI is InChI=1S/C13H20N2O2/c1-10-5-6-12(9-14-10)8-13(17)15-11(2)4-3-7-16/h5-6,9,11,16H,3-4,7-8H2,1-2H3,(H,15,17). The van der Waals surface area contributed by atoms with Gasteiger partial charge in [0.05, 0.1) is 6.42 Å². The number of aryl methyl sites for hydroxylation is 1. The van der Waals surface area contributed by atoms with E-state index in [1.54, 1.807) is 6.20 Å². The Bertz CT molecular complexity index is 349. The molecule has 0 saturated carbocycles. The van der Waals surface area contributed by atoms with E-state index in [1.165, 1.54) is 0 Å². The molecule has 1 aromatic rings. The fourth-order valence-electron chi connectivity index (χ4n) is 1.58. The van der Waals surface area contributed by atoms with Gasteiger partial charge in [-0.1, -0.05) is 6.07 Å². The van der Waals surface area contributed by atoms with Crippen LogP contribution < -0.4 is 5.32 Å². The lowest BCUT2D eigenvalue weighted by Crippen LogP contribution is -2.33. The predicted octanol–water partition coefficient (Wildman–Crippen LogP) is 1.21. The van der Waals surface area contributed by atoms with Crippen LogP contribution in [-0.4, -0.2) is 28.6 Å². The Morgan fingerprint density at radius 2 is 2.29 bits per heavy atom. The molecule has 0 spiro atoms. The molecular formula is C13H20N2O2. The van der Waals surface area contributed by atoms with Crippen molar-refractivity contribution in [2.75, 3.05) is 6.61 Å². The average Bonchev–Trinajstić information content (AvgIpc) is 2.29. The Morgan fingerprint density at radius 3 is 2.88 bits per heavy atom. The van der Waals surface area contributed by atoms with Gasteiger partial charge in [0.15, 0.2) is 0 Å². The van der Waals surface area contributed by atoms with Gasteiger partial charge in [0.2, 0.25) is 5.91 Å². The molecule has 0 saturated heterocycles. The Kier molecular flexibility index (Phi) is 5.63. The number of carbonyl (C=O) groups excluding carboxylic acids is 1. The lowest BCUT2D eigenvalue weighted by atomic mass is 10.1. The first-order chi connectivity index (χ1) is 8.11. The number of nitrogens with zero attached hydrogens (tertiary/aromatic N) is 1. The van der Waals surface area contributed by atoms with Gasteiger partial charge in [-0.2, -0.15) is 0 Å². The Labute approximate surface area is 102 Å². The second-order valence-corrected chi connectivity index (χ2v) is 4.32. The zero-order valence-electron chi connectivity index (χ0n) is 10.4. The third-order valence-electron chi connectivity index (χ3n) is 2.54. The summed E-state index contributed by atoms with van der Waals surface area (Å²) in [6.07, 6.45) is 3.60. The molecule has 0 aliphatic heterocycles. The minimum Gasteiger partial charge on any atom is -0.396 e. The predicted molar refractivity (Wildman–Crippen MR) is 66.6 cm³/mol. The van der Waals surface area contributed by atoms with Crippen molar-refractivity contribution in [3.05, 3.63) is 29.6 Å². The van der Waals surface area contributed by atoms with Crippen LogP contribution in [0.5, 0.6) is 0 Å². The fourth-order valence-corrected chi connectivity index (χ4v) is 1.58. The summed E-state index contributed by atoms with van der Waals surface area (Å²) < 4.78 is 0. The zero-order chi connectivity index (χ0) is 12.7. The summed E-state index contributed by atoms with van der Waals surface area (Å²) in [5, 5.41) is 11.6. The lowest BCUT2D eigenvalue weighted by molar-refractivity contribution is -0.121. The molecule has 1 rings (SSSR count). The van der Waals surface area contributed by atoms with Crippen LogP contribution in [0.1, 0.15) is 31.0 Å². The van der Waals surface area contributed by atoms with Crippen LogP contribution in [0.4, 0.5) is 0 Å². The summed E-state index contributed by atoms with van der Waals surface area (Å²) in [7, 11) is 0. The summed E-state index contributed by atoms with van der Waals surface area (Å²) in [5.41, 5.74) is 1.87. The van der Waals surface area contributed by atoms with Gasteiger partial charge in [-0.3, -0.25) is 9.78 Å². The second kappa shape index (κ2) is 7.01. The first kappa shape index (κ1) is 13.6. The number of hydrogen-bond acceptors (Lipinski definition) is 3. The SMILES string of the molecule is Cc1ccc(CC(=O)NC(C)CCCO)cn1. The van der Waals surface area contributed by atoms with Crippen molar-refractivity contribution in [3.8, 4) is 0 Å². The summed E-state index contributed by atoms with van der Waals surface area (Å²) in [6, 6.07) is 3.92. The smallest absolute Gasteiger partial charge is 0.224 e. The molecule has 1 amide bonds. The number of carbonyl (C=O) groups is 1. The van der Waals surface area contributed by atoms with E-state index in [-0.39, 0.29) is 18.6 Å². The van der Waals surface area contributed by atoms with Crippen LogP contribution in [0.25, 0.3) is 0 Å². The Morgan fingerprint density at radius 1 is 1.53 bits per heavy atom. The molecule has 4 heteroatoms. The van der Waals surface area contributed by atoms with Crippen LogP contribution in [0.3, 0.4) is 0 Å². The van der Waals surface area contributed by atoms with E-state index in [0.29, 0.717) is 12.8 Å². The van der Waals surface area contributed by atoms with Crippen LogP contribution in [-0.2, 0) is 11.2 Å². The zero-order valence-corrected chi connectivity index (χ0v) is 10.4. The molecule has 0 radical (unpaired) electrons. The average molecular weight is 236 g/mol. The highest BCUT2D eigenvalue weighted by molar-refractivity contribution is 5.78. The Balaban J connectivity index is 2.36. The third kappa shape index (κ3) is 5.45. The van der Waals surface area contributed by atoms with E-state index in [4.69, 9.17) is 5.11 Å². The maximum absolute atomic E-state index is 11.7. The highest BCUT2D eigenvalue weighted by Gasteiger charge is 2.07. The number of amides is 1. The van der Waals surface area contributed by atoms with Gasteiger partial charge in [-0.05, 0) is 38.3 Å². The molecule has 0 bridgehead atoms. The highest BCUT2D eigenvalue weighted by atomic mass is 16.2. The minimum absolute atomic E-state index is 0.00101. The number of hydrogen-bond donors (Lipinski definition) is 2.